The summed E-state index contributed by atoms with van der Waals surface area (Å²) < 4.78 is 5.64. The summed E-state index contributed by atoms with van der Waals surface area (Å²) in [5.41, 5.74) is 6.65. The molecule has 4 nitrogen and oxygen atoms in total. The molecule has 0 saturated heterocycles. The number of rotatable bonds is 11. The second-order valence-electron chi connectivity index (χ2n) is 6.37. The molecule has 4 heteroatoms. The van der Waals surface area contributed by atoms with Crippen LogP contribution < -0.4 is 5.73 Å². The largest absolute Gasteiger partial charge is 0.388 e. The topological polar surface area (TPSA) is 75.7 Å². The van der Waals surface area contributed by atoms with Gasteiger partial charge in [0.25, 0.3) is 0 Å². The van der Waals surface area contributed by atoms with Gasteiger partial charge in [0.05, 0.1) is 17.8 Å². The van der Waals surface area contributed by atoms with Crippen LogP contribution in [0.5, 0.6) is 0 Å². The molecule has 0 amide bonds. The third kappa shape index (κ3) is 5.88. The van der Waals surface area contributed by atoms with Gasteiger partial charge in [-0.15, -0.1) is 0 Å². The van der Waals surface area contributed by atoms with Crippen LogP contribution in [0, 0.1) is 0 Å². The number of nitrogens with two attached hydrogens (primary N) is 1. The molecule has 0 radical (unpaired) electrons. The number of aliphatic hydroxyl groups is 2. The lowest BCUT2D eigenvalue weighted by molar-refractivity contribution is -0.103. The minimum Gasteiger partial charge on any atom is -0.388 e. The number of methoxy groups -OCH3 is 1. The first kappa shape index (κ1) is 20.1. The van der Waals surface area contributed by atoms with Crippen molar-refractivity contribution in [2.45, 2.75) is 70.2 Å². The summed E-state index contributed by atoms with van der Waals surface area (Å²) in [6, 6.07) is 7.86. The van der Waals surface area contributed by atoms with E-state index in [1.807, 2.05) is 24.3 Å². The Hall–Kier alpha value is -0.940. The van der Waals surface area contributed by atoms with Crippen LogP contribution in [-0.2, 0) is 11.2 Å². The molecule has 0 bridgehead atoms. The van der Waals surface area contributed by atoms with Gasteiger partial charge in [0.2, 0.25) is 0 Å². The average molecular weight is 323 g/mol. The van der Waals surface area contributed by atoms with Crippen LogP contribution >= 0.6 is 0 Å². The molecule has 2 unspecified atom stereocenters. The lowest BCUT2D eigenvalue weighted by atomic mass is 9.83. The molecular weight excluding hydrogens is 290 g/mol. The van der Waals surface area contributed by atoms with Crippen LogP contribution in [0.15, 0.2) is 24.3 Å². The summed E-state index contributed by atoms with van der Waals surface area (Å²) in [5, 5.41) is 21.1. The van der Waals surface area contributed by atoms with Crippen LogP contribution in [0.1, 0.15) is 63.2 Å². The lowest BCUT2D eigenvalue weighted by Crippen LogP contribution is -2.44. The van der Waals surface area contributed by atoms with Crippen molar-refractivity contribution in [3.8, 4) is 0 Å². The molecule has 1 aromatic carbocycles. The Kier molecular flexibility index (Phi) is 8.77. The Balaban J connectivity index is 2.91. The minimum absolute atomic E-state index is 0.246. The Morgan fingerprint density at radius 3 is 2.39 bits per heavy atom. The van der Waals surface area contributed by atoms with Crippen LogP contribution in [0.4, 0.5) is 0 Å². The Morgan fingerprint density at radius 2 is 1.87 bits per heavy atom. The Labute approximate surface area is 140 Å². The van der Waals surface area contributed by atoms with E-state index >= 15 is 0 Å². The Morgan fingerprint density at radius 1 is 1.22 bits per heavy atom. The van der Waals surface area contributed by atoms with E-state index in [2.05, 4.69) is 13.8 Å². The number of hydrogen-bond acceptors (Lipinski definition) is 4. The third-order valence-electron chi connectivity index (χ3n) is 4.45. The standard InChI is InChI=1S/C19H33NO3/c1-4-10-19(22,11-5-2)18(23-3)14-15-7-6-8-16(13-15)17(21)9-12-20/h6-8,13,17-18,21-22H,4-5,9-12,14,20H2,1-3H3. The fraction of sp³-hybridized carbons (Fsp3) is 0.684. The van der Waals surface area contributed by atoms with Crippen molar-refractivity contribution < 1.29 is 14.9 Å². The summed E-state index contributed by atoms with van der Waals surface area (Å²) in [7, 11) is 1.66. The first-order valence-electron chi connectivity index (χ1n) is 8.72. The quantitative estimate of drug-likeness (QED) is 0.585. The SMILES string of the molecule is CCCC(O)(CCC)C(Cc1cccc(C(O)CCN)c1)OC. The molecule has 0 spiro atoms. The third-order valence-corrected chi connectivity index (χ3v) is 4.45. The molecule has 0 aliphatic rings. The number of hydrogen-bond donors (Lipinski definition) is 3. The van der Waals surface area contributed by atoms with Crippen LogP contribution in [0.2, 0.25) is 0 Å². The monoisotopic (exact) mass is 323 g/mol. The van der Waals surface area contributed by atoms with Crippen LogP contribution in [0.3, 0.4) is 0 Å². The van der Waals surface area contributed by atoms with Crippen molar-refractivity contribution in [1.82, 2.24) is 0 Å². The summed E-state index contributed by atoms with van der Waals surface area (Å²) >= 11 is 0. The van der Waals surface area contributed by atoms with Gasteiger partial charge >= 0.3 is 0 Å². The first-order chi connectivity index (χ1) is 11.0. The van der Waals surface area contributed by atoms with E-state index < -0.39 is 11.7 Å². The van der Waals surface area contributed by atoms with Gasteiger partial charge < -0.3 is 20.7 Å². The summed E-state index contributed by atoms with van der Waals surface area (Å²) in [5.74, 6) is 0. The molecular formula is C19H33NO3. The molecule has 0 aromatic heterocycles. The molecule has 2 atom stereocenters. The molecule has 1 aromatic rings. The Bertz CT molecular complexity index is 444. The van der Waals surface area contributed by atoms with E-state index in [-0.39, 0.29) is 6.10 Å². The zero-order valence-electron chi connectivity index (χ0n) is 14.8. The molecule has 0 heterocycles. The van der Waals surface area contributed by atoms with E-state index in [9.17, 15) is 10.2 Å². The predicted octanol–water partition coefficient (Wildman–Crippen LogP) is 2.96. The minimum atomic E-state index is -0.801. The second-order valence-corrected chi connectivity index (χ2v) is 6.37. The van der Waals surface area contributed by atoms with Gasteiger partial charge in [-0.25, -0.2) is 0 Å². The second kappa shape index (κ2) is 10.0. The van der Waals surface area contributed by atoms with E-state index in [4.69, 9.17) is 10.5 Å². The maximum absolute atomic E-state index is 11.0. The van der Waals surface area contributed by atoms with Gasteiger partial charge in [0.15, 0.2) is 0 Å². The van der Waals surface area contributed by atoms with Gasteiger partial charge in [-0.2, -0.15) is 0 Å². The molecule has 132 valence electrons. The van der Waals surface area contributed by atoms with Crippen LogP contribution in [0.25, 0.3) is 0 Å². The van der Waals surface area contributed by atoms with Gasteiger partial charge in [0.1, 0.15) is 0 Å². The maximum atomic E-state index is 11.0. The van der Waals surface area contributed by atoms with E-state index in [1.165, 1.54) is 0 Å². The molecule has 0 aliphatic heterocycles. The lowest BCUT2D eigenvalue weighted by Gasteiger charge is -2.35. The van der Waals surface area contributed by atoms with Crippen molar-refractivity contribution in [2.24, 2.45) is 5.73 Å². The van der Waals surface area contributed by atoms with Crippen molar-refractivity contribution in [2.75, 3.05) is 13.7 Å². The van der Waals surface area contributed by atoms with Crippen LogP contribution in [-0.4, -0.2) is 35.6 Å². The highest BCUT2D eigenvalue weighted by molar-refractivity contribution is 5.26. The van der Waals surface area contributed by atoms with Crippen molar-refractivity contribution in [3.63, 3.8) is 0 Å². The number of benzene rings is 1. The molecule has 1 rings (SSSR count). The zero-order valence-corrected chi connectivity index (χ0v) is 14.8. The average Bonchev–Trinajstić information content (AvgIpc) is 2.53. The summed E-state index contributed by atoms with van der Waals surface area (Å²) in [4.78, 5) is 0. The van der Waals surface area contributed by atoms with Gasteiger partial charge in [0, 0.05) is 13.5 Å². The number of ether oxygens (including phenoxy) is 1. The first-order valence-corrected chi connectivity index (χ1v) is 8.72. The molecule has 0 fully saturated rings. The fourth-order valence-electron chi connectivity index (χ4n) is 3.27. The van der Waals surface area contributed by atoms with E-state index in [0.717, 1.165) is 36.8 Å². The van der Waals surface area contributed by atoms with E-state index in [0.29, 0.717) is 19.4 Å². The fourth-order valence-corrected chi connectivity index (χ4v) is 3.27. The summed E-state index contributed by atoms with van der Waals surface area (Å²) in [6.07, 6.45) is 3.71. The van der Waals surface area contributed by atoms with Crippen molar-refractivity contribution in [3.05, 3.63) is 35.4 Å². The van der Waals surface area contributed by atoms with Gasteiger partial charge in [-0.3, -0.25) is 0 Å². The van der Waals surface area contributed by atoms with Crippen molar-refractivity contribution in [1.29, 1.82) is 0 Å². The van der Waals surface area contributed by atoms with Gasteiger partial charge in [-0.1, -0.05) is 51.0 Å². The molecule has 0 aliphatic carbocycles. The number of aliphatic hydroxyl groups excluding tert-OH is 1. The normalized spacial score (nSPS) is 14.7. The smallest absolute Gasteiger partial charge is 0.0911 e. The van der Waals surface area contributed by atoms with E-state index in [1.54, 1.807) is 7.11 Å². The molecule has 23 heavy (non-hydrogen) atoms. The summed E-state index contributed by atoms with van der Waals surface area (Å²) in [6.45, 7) is 4.62. The highest BCUT2D eigenvalue weighted by atomic mass is 16.5. The highest BCUT2D eigenvalue weighted by Crippen LogP contribution is 2.29. The maximum Gasteiger partial charge on any atom is 0.0911 e. The van der Waals surface area contributed by atoms with Gasteiger partial charge in [-0.05, 0) is 36.9 Å². The highest BCUT2D eigenvalue weighted by Gasteiger charge is 2.35. The predicted molar refractivity (Wildman–Crippen MR) is 94.3 cm³/mol. The van der Waals surface area contributed by atoms with Crippen molar-refractivity contribution >= 4 is 0 Å². The zero-order chi connectivity index (χ0) is 17.3. The molecule has 4 N–H and O–H groups in total. The molecule has 0 saturated carbocycles.